The summed E-state index contributed by atoms with van der Waals surface area (Å²) in [5, 5.41) is 0. The van der Waals surface area contributed by atoms with E-state index in [-0.39, 0.29) is 22.9 Å². The average Bonchev–Trinajstić information content (AvgIpc) is 2.75. The molecule has 1 aromatic heterocycles. The topological polar surface area (TPSA) is 26.0 Å². The lowest BCUT2D eigenvalue weighted by molar-refractivity contribution is -0.139. The zero-order valence-electron chi connectivity index (χ0n) is 8.76. The number of nitrogens with zero attached hydrogens (tertiary/aromatic N) is 1. The van der Waals surface area contributed by atoms with Crippen molar-refractivity contribution < 1.29 is 22.0 Å². The molecule has 0 aliphatic heterocycles. The molecule has 0 aliphatic rings. The molecule has 1 aromatic carbocycles. The van der Waals surface area contributed by atoms with E-state index < -0.39 is 17.6 Å². The fraction of sp³-hybridized carbons (Fsp3) is 0.182. The molecular weight excluding hydrogens is 274 g/mol. The van der Waals surface area contributed by atoms with E-state index >= 15 is 0 Å². The number of hydrogen-bond acceptors (Lipinski definition) is 2. The molecule has 0 amide bonds. The minimum Gasteiger partial charge on any atom is -0.443 e. The molecule has 1 heterocycles. The molecule has 0 saturated heterocycles. The molecule has 0 saturated carbocycles. The van der Waals surface area contributed by atoms with Crippen molar-refractivity contribution in [2.24, 2.45) is 0 Å². The van der Waals surface area contributed by atoms with Gasteiger partial charge in [0.05, 0.1) is 17.0 Å². The minimum atomic E-state index is -4.76. The van der Waals surface area contributed by atoms with Crippen LogP contribution in [0.2, 0.25) is 0 Å². The Labute approximate surface area is 104 Å². The Bertz CT molecular complexity index is 564. The van der Waals surface area contributed by atoms with Gasteiger partial charge < -0.3 is 4.42 Å². The van der Waals surface area contributed by atoms with E-state index in [1.807, 2.05) is 0 Å². The van der Waals surface area contributed by atoms with Gasteiger partial charge >= 0.3 is 6.18 Å². The molecule has 0 N–H and O–H groups in total. The molecule has 2 nitrogen and oxygen atoms in total. The first kappa shape index (κ1) is 12.9. The third-order valence-corrected chi connectivity index (χ3v) is 2.57. The van der Waals surface area contributed by atoms with E-state index in [4.69, 9.17) is 16.0 Å². The van der Waals surface area contributed by atoms with E-state index in [0.717, 1.165) is 12.5 Å². The van der Waals surface area contributed by atoms with Crippen LogP contribution in [0.15, 0.2) is 29.0 Å². The first-order valence-electron chi connectivity index (χ1n) is 4.79. The second kappa shape index (κ2) is 4.61. The maximum atomic E-state index is 13.8. The van der Waals surface area contributed by atoms with Crippen LogP contribution in [0.1, 0.15) is 11.3 Å². The summed E-state index contributed by atoms with van der Waals surface area (Å²) in [4.78, 5) is 3.70. The highest BCUT2D eigenvalue weighted by molar-refractivity contribution is 6.17. The molecule has 2 aromatic rings. The predicted octanol–water partition coefficient (Wildman–Crippen LogP) is 4.24. The van der Waals surface area contributed by atoms with Gasteiger partial charge in [-0.2, -0.15) is 13.2 Å². The van der Waals surface area contributed by atoms with Crippen LogP contribution in [0.25, 0.3) is 11.3 Å². The molecule has 7 heteroatoms. The Morgan fingerprint density at radius 2 is 2.00 bits per heavy atom. The first-order chi connectivity index (χ1) is 8.45. The Morgan fingerprint density at radius 3 is 2.61 bits per heavy atom. The van der Waals surface area contributed by atoms with Crippen LogP contribution in [0.5, 0.6) is 0 Å². The van der Waals surface area contributed by atoms with Gasteiger partial charge in [0.1, 0.15) is 11.5 Å². The van der Waals surface area contributed by atoms with Gasteiger partial charge in [-0.15, -0.1) is 11.6 Å². The van der Waals surface area contributed by atoms with Crippen LogP contribution in [-0.2, 0) is 12.1 Å². The minimum absolute atomic E-state index is 0.0818. The lowest BCUT2D eigenvalue weighted by atomic mass is 10.1. The smallest absolute Gasteiger partial charge is 0.419 e. The molecule has 0 unspecified atom stereocenters. The van der Waals surface area contributed by atoms with Crippen LogP contribution >= 0.6 is 11.6 Å². The fourth-order valence-corrected chi connectivity index (χ4v) is 1.70. The molecule has 2 rings (SSSR count). The predicted molar refractivity (Wildman–Crippen MR) is 56.5 cm³/mol. The Morgan fingerprint density at radius 1 is 1.28 bits per heavy atom. The summed E-state index contributed by atoms with van der Waals surface area (Å²) in [7, 11) is 0. The highest BCUT2D eigenvalue weighted by atomic mass is 35.5. The number of rotatable bonds is 2. The van der Waals surface area contributed by atoms with E-state index in [1.165, 1.54) is 6.07 Å². The van der Waals surface area contributed by atoms with Crippen molar-refractivity contribution >= 4 is 11.6 Å². The van der Waals surface area contributed by atoms with Gasteiger partial charge in [0, 0.05) is 0 Å². The summed E-state index contributed by atoms with van der Waals surface area (Å²) in [6.45, 7) is 0. The van der Waals surface area contributed by atoms with Crippen molar-refractivity contribution in [3.63, 3.8) is 0 Å². The lowest BCUT2D eigenvalue weighted by Crippen LogP contribution is -2.08. The Kier molecular flexibility index (Phi) is 3.30. The third-order valence-electron chi connectivity index (χ3n) is 2.32. The molecule has 18 heavy (non-hydrogen) atoms. The molecule has 0 bridgehead atoms. The molecular formula is C11H6ClF4NO. The fourth-order valence-electron chi connectivity index (χ4n) is 1.51. The van der Waals surface area contributed by atoms with E-state index in [1.54, 1.807) is 0 Å². The highest BCUT2D eigenvalue weighted by Gasteiger charge is 2.35. The zero-order valence-corrected chi connectivity index (χ0v) is 9.52. The summed E-state index contributed by atoms with van der Waals surface area (Å²) >= 11 is 5.54. The third kappa shape index (κ3) is 2.20. The number of oxazole rings is 1. The van der Waals surface area contributed by atoms with Gasteiger partial charge in [-0.25, -0.2) is 9.37 Å². The van der Waals surface area contributed by atoms with E-state index in [0.29, 0.717) is 6.07 Å². The standard InChI is InChI=1S/C11H6ClF4NO/c12-4-8-10(18-5-17-8)6-2-1-3-7(9(6)13)11(14,15)16/h1-3,5H,4H2. The van der Waals surface area contributed by atoms with Crippen LogP contribution in [0.4, 0.5) is 17.6 Å². The maximum Gasteiger partial charge on any atom is 0.419 e. The number of aromatic nitrogens is 1. The highest BCUT2D eigenvalue weighted by Crippen LogP contribution is 2.36. The van der Waals surface area contributed by atoms with Crippen LogP contribution in [0, 0.1) is 5.82 Å². The second-order valence-corrected chi connectivity index (χ2v) is 3.69. The number of benzene rings is 1. The quantitative estimate of drug-likeness (QED) is 0.607. The summed E-state index contributed by atoms with van der Waals surface area (Å²) in [5.41, 5.74) is -1.47. The summed E-state index contributed by atoms with van der Waals surface area (Å²) in [5.74, 6) is -1.57. The molecule has 96 valence electrons. The van der Waals surface area contributed by atoms with Crippen molar-refractivity contribution in [2.75, 3.05) is 0 Å². The molecule has 0 atom stereocenters. The first-order valence-corrected chi connectivity index (χ1v) is 5.33. The molecule has 0 fully saturated rings. The van der Waals surface area contributed by atoms with Gasteiger partial charge in [0.2, 0.25) is 0 Å². The molecule has 0 spiro atoms. The normalized spacial score (nSPS) is 11.8. The summed E-state index contributed by atoms with van der Waals surface area (Å²) < 4.78 is 56.3. The van der Waals surface area contributed by atoms with E-state index in [2.05, 4.69) is 4.98 Å². The SMILES string of the molecule is Fc1c(-c2ocnc2CCl)cccc1C(F)(F)F. The largest absolute Gasteiger partial charge is 0.443 e. The van der Waals surface area contributed by atoms with Crippen molar-refractivity contribution in [3.8, 4) is 11.3 Å². The maximum absolute atomic E-state index is 13.8. The van der Waals surface area contributed by atoms with Crippen molar-refractivity contribution in [3.05, 3.63) is 41.7 Å². The Balaban J connectivity index is 2.60. The zero-order chi connectivity index (χ0) is 13.3. The number of alkyl halides is 4. The second-order valence-electron chi connectivity index (χ2n) is 3.43. The molecule has 0 radical (unpaired) electrons. The van der Waals surface area contributed by atoms with Crippen LogP contribution in [0.3, 0.4) is 0 Å². The van der Waals surface area contributed by atoms with E-state index in [9.17, 15) is 17.6 Å². The van der Waals surface area contributed by atoms with Gasteiger partial charge in [0.25, 0.3) is 0 Å². The van der Waals surface area contributed by atoms with Gasteiger partial charge in [-0.3, -0.25) is 0 Å². The average molecular weight is 280 g/mol. The van der Waals surface area contributed by atoms with Gasteiger partial charge in [-0.05, 0) is 12.1 Å². The van der Waals surface area contributed by atoms with Gasteiger partial charge in [-0.1, -0.05) is 6.07 Å². The number of halogens is 5. The monoisotopic (exact) mass is 279 g/mol. The van der Waals surface area contributed by atoms with Crippen LogP contribution < -0.4 is 0 Å². The number of hydrogen-bond donors (Lipinski definition) is 0. The Hall–Kier alpha value is -1.56. The van der Waals surface area contributed by atoms with Gasteiger partial charge in [0.15, 0.2) is 12.2 Å². The summed E-state index contributed by atoms with van der Waals surface area (Å²) in [6.07, 6.45) is -3.76. The van der Waals surface area contributed by atoms with Crippen molar-refractivity contribution in [1.29, 1.82) is 0 Å². The summed E-state index contributed by atoms with van der Waals surface area (Å²) in [6, 6.07) is 2.94. The molecule has 0 aliphatic carbocycles. The van der Waals surface area contributed by atoms with Crippen molar-refractivity contribution in [1.82, 2.24) is 4.98 Å². The van der Waals surface area contributed by atoms with Crippen molar-refractivity contribution in [2.45, 2.75) is 12.1 Å². The van der Waals surface area contributed by atoms with Crippen LogP contribution in [-0.4, -0.2) is 4.98 Å². The lowest BCUT2D eigenvalue weighted by Gasteiger charge is -2.10.